The molecule has 152 valence electrons. The van der Waals surface area contributed by atoms with E-state index in [1.165, 1.54) is 0 Å². The Balaban J connectivity index is 1.91. The molecule has 1 fully saturated rings. The first-order chi connectivity index (χ1) is 13.2. The molecule has 1 aliphatic rings. The first-order valence-electron chi connectivity index (χ1n) is 10.3. The fraction of sp³-hybridized carbons (Fsp3) is 0.609. The predicted octanol–water partition coefficient (Wildman–Crippen LogP) is 4.62. The highest BCUT2D eigenvalue weighted by atomic mass is 16.6. The van der Waals surface area contributed by atoms with Gasteiger partial charge in [0, 0.05) is 12.5 Å². The molecule has 1 rings (SSSR count). The highest BCUT2D eigenvalue weighted by molar-refractivity contribution is 5.76. The number of amides is 1. The molecule has 27 heavy (non-hydrogen) atoms. The Hall–Kier alpha value is -1.65. The lowest BCUT2D eigenvalue weighted by atomic mass is 10.2. The standard InChI is InChI=1S/C23H37NO3/c1-3-21-22(27-21)17-15-13-11-9-7-5-4-6-8-10-12-14-16-18-23(26)24-20(2)19-25/h4,6-7,9-10,12-13,15,20-22,25H,3,5,8,11,14,16-19H2,1-2H3,(H,24,26)/b6-4-,9-7-,12-10-,15-13-. The van der Waals surface area contributed by atoms with E-state index in [1.54, 1.807) is 6.92 Å². The minimum absolute atomic E-state index is 0.0116. The third-order valence-corrected chi connectivity index (χ3v) is 4.40. The van der Waals surface area contributed by atoms with Crippen LogP contribution in [0.4, 0.5) is 0 Å². The van der Waals surface area contributed by atoms with Crippen LogP contribution in [0.5, 0.6) is 0 Å². The van der Waals surface area contributed by atoms with Gasteiger partial charge in [-0.3, -0.25) is 4.79 Å². The molecule has 0 radical (unpaired) electrons. The van der Waals surface area contributed by atoms with Crippen LogP contribution in [0.25, 0.3) is 0 Å². The molecule has 3 unspecified atom stereocenters. The third-order valence-electron chi connectivity index (χ3n) is 4.40. The summed E-state index contributed by atoms with van der Waals surface area (Å²) in [6.45, 7) is 3.95. The summed E-state index contributed by atoms with van der Waals surface area (Å²) in [5.41, 5.74) is 0. The van der Waals surface area contributed by atoms with E-state index in [1.807, 2.05) is 0 Å². The van der Waals surface area contributed by atoms with Gasteiger partial charge in [-0.1, -0.05) is 55.5 Å². The van der Waals surface area contributed by atoms with E-state index in [0.717, 1.165) is 44.9 Å². The van der Waals surface area contributed by atoms with Gasteiger partial charge in [-0.15, -0.1) is 0 Å². The molecule has 1 heterocycles. The number of rotatable bonds is 15. The zero-order chi connectivity index (χ0) is 19.7. The lowest BCUT2D eigenvalue weighted by Crippen LogP contribution is -2.34. The zero-order valence-electron chi connectivity index (χ0n) is 17.0. The van der Waals surface area contributed by atoms with Gasteiger partial charge in [-0.25, -0.2) is 0 Å². The highest BCUT2D eigenvalue weighted by Gasteiger charge is 2.35. The molecule has 4 nitrogen and oxygen atoms in total. The molecule has 0 aliphatic carbocycles. The van der Waals surface area contributed by atoms with E-state index < -0.39 is 0 Å². The van der Waals surface area contributed by atoms with Crippen LogP contribution in [0.2, 0.25) is 0 Å². The first kappa shape index (κ1) is 23.4. The van der Waals surface area contributed by atoms with Crippen LogP contribution in [-0.4, -0.2) is 35.9 Å². The third kappa shape index (κ3) is 13.2. The monoisotopic (exact) mass is 375 g/mol. The second kappa shape index (κ2) is 15.4. The van der Waals surface area contributed by atoms with Crippen molar-refractivity contribution in [2.45, 2.75) is 83.5 Å². The van der Waals surface area contributed by atoms with Crippen molar-refractivity contribution in [1.29, 1.82) is 0 Å². The summed E-state index contributed by atoms with van der Waals surface area (Å²) >= 11 is 0. The number of epoxide rings is 1. The molecule has 0 bridgehead atoms. The lowest BCUT2D eigenvalue weighted by molar-refractivity contribution is -0.122. The number of aliphatic hydroxyl groups is 1. The Labute approximate surface area is 165 Å². The molecular weight excluding hydrogens is 338 g/mol. The molecule has 0 spiro atoms. The number of carbonyl (C=O) groups excluding carboxylic acids is 1. The lowest BCUT2D eigenvalue weighted by Gasteiger charge is -2.09. The van der Waals surface area contributed by atoms with Crippen LogP contribution < -0.4 is 5.32 Å². The first-order valence-corrected chi connectivity index (χ1v) is 10.3. The van der Waals surface area contributed by atoms with Gasteiger partial charge in [0.25, 0.3) is 0 Å². The Bertz CT molecular complexity index is 508. The van der Waals surface area contributed by atoms with Gasteiger partial charge in [0.15, 0.2) is 0 Å². The number of carbonyl (C=O) groups is 1. The van der Waals surface area contributed by atoms with E-state index in [9.17, 15) is 4.79 Å². The van der Waals surface area contributed by atoms with Crippen molar-refractivity contribution in [1.82, 2.24) is 5.32 Å². The quantitative estimate of drug-likeness (QED) is 0.249. The van der Waals surface area contributed by atoms with Crippen molar-refractivity contribution < 1.29 is 14.6 Å². The average molecular weight is 376 g/mol. The van der Waals surface area contributed by atoms with Crippen molar-refractivity contribution in [2.24, 2.45) is 0 Å². The Morgan fingerprint density at radius 1 is 1.00 bits per heavy atom. The fourth-order valence-electron chi connectivity index (χ4n) is 2.68. The second-order valence-corrected chi connectivity index (χ2v) is 6.99. The Morgan fingerprint density at radius 3 is 2.15 bits per heavy atom. The van der Waals surface area contributed by atoms with Crippen LogP contribution in [0.3, 0.4) is 0 Å². The molecular formula is C23H37NO3. The number of ether oxygens (including phenoxy) is 1. The molecule has 1 saturated heterocycles. The number of nitrogens with one attached hydrogen (secondary N) is 1. The van der Waals surface area contributed by atoms with E-state index in [-0.39, 0.29) is 18.6 Å². The smallest absolute Gasteiger partial charge is 0.220 e. The molecule has 4 heteroatoms. The number of allylic oxidation sites excluding steroid dienone is 7. The van der Waals surface area contributed by atoms with Crippen molar-refractivity contribution in [2.75, 3.05) is 6.61 Å². The largest absolute Gasteiger partial charge is 0.394 e. The van der Waals surface area contributed by atoms with Gasteiger partial charge >= 0.3 is 0 Å². The Morgan fingerprint density at radius 2 is 1.59 bits per heavy atom. The topological polar surface area (TPSA) is 61.9 Å². The van der Waals surface area contributed by atoms with Crippen LogP contribution in [0, 0.1) is 0 Å². The number of aliphatic hydroxyl groups excluding tert-OH is 1. The van der Waals surface area contributed by atoms with Gasteiger partial charge in [0.05, 0.1) is 18.8 Å². The number of hydrogen-bond donors (Lipinski definition) is 2. The van der Waals surface area contributed by atoms with Gasteiger partial charge in [0.1, 0.15) is 0 Å². The van der Waals surface area contributed by atoms with Crippen LogP contribution >= 0.6 is 0 Å². The molecule has 0 aromatic carbocycles. The van der Waals surface area contributed by atoms with Gasteiger partial charge in [0.2, 0.25) is 5.91 Å². The van der Waals surface area contributed by atoms with E-state index in [2.05, 4.69) is 60.8 Å². The maximum absolute atomic E-state index is 11.5. The van der Waals surface area contributed by atoms with Crippen molar-refractivity contribution in [3.8, 4) is 0 Å². The van der Waals surface area contributed by atoms with Crippen molar-refractivity contribution in [3.63, 3.8) is 0 Å². The van der Waals surface area contributed by atoms with E-state index >= 15 is 0 Å². The van der Waals surface area contributed by atoms with E-state index in [4.69, 9.17) is 9.84 Å². The second-order valence-electron chi connectivity index (χ2n) is 6.99. The summed E-state index contributed by atoms with van der Waals surface area (Å²) in [5, 5.41) is 11.6. The van der Waals surface area contributed by atoms with Crippen LogP contribution in [0.1, 0.15) is 65.2 Å². The summed E-state index contributed by atoms with van der Waals surface area (Å²) in [6, 6.07) is -0.158. The van der Waals surface area contributed by atoms with Gasteiger partial charge < -0.3 is 15.2 Å². The number of unbranched alkanes of at least 4 members (excludes halogenated alkanes) is 1. The number of hydrogen-bond acceptors (Lipinski definition) is 3. The normalized spacial score (nSPS) is 21.0. The van der Waals surface area contributed by atoms with Crippen molar-refractivity contribution >= 4 is 5.91 Å². The Kier molecular flexibility index (Phi) is 13.4. The summed E-state index contributed by atoms with van der Waals surface area (Å²) in [5.74, 6) is 0.0116. The van der Waals surface area contributed by atoms with Gasteiger partial charge in [-0.2, -0.15) is 0 Å². The maximum atomic E-state index is 11.5. The molecule has 0 aromatic heterocycles. The van der Waals surface area contributed by atoms with Gasteiger partial charge in [-0.05, 0) is 51.9 Å². The highest BCUT2D eigenvalue weighted by Crippen LogP contribution is 2.28. The minimum atomic E-state index is -0.158. The summed E-state index contributed by atoms with van der Waals surface area (Å²) in [6.07, 6.45) is 25.7. The molecule has 3 atom stereocenters. The summed E-state index contributed by atoms with van der Waals surface area (Å²) < 4.78 is 5.50. The summed E-state index contributed by atoms with van der Waals surface area (Å²) in [7, 11) is 0. The molecule has 1 amide bonds. The minimum Gasteiger partial charge on any atom is -0.394 e. The van der Waals surface area contributed by atoms with Crippen LogP contribution in [0.15, 0.2) is 48.6 Å². The average Bonchev–Trinajstić information content (AvgIpc) is 3.43. The van der Waals surface area contributed by atoms with Crippen molar-refractivity contribution in [3.05, 3.63) is 48.6 Å². The SMILES string of the molecule is CCC1OC1C/C=C\C/C=C\C/C=C\C/C=C\CCCC(=O)NC(C)CO. The predicted molar refractivity (Wildman–Crippen MR) is 113 cm³/mol. The zero-order valence-corrected chi connectivity index (χ0v) is 17.0. The molecule has 1 aliphatic heterocycles. The molecule has 0 saturated carbocycles. The van der Waals surface area contributed by atoms with Crippen LogP contribution in [-0.2, 0) is 9.53 Å². The molecule has 0 aromatic rings. The maximum Gasteiger partial charge on any atom is 0.220 e. The molecule has 2 N–H and O–H groups in total. The summed E-state index contributed by atoms with van der Waals surface area (Å²) in [4.78, 5) is 11.5. The fourth-order valence-corrected chi connectivity index (χ4v) is 2.68. The van der Waals surface area contributed by atoms with E-state index in [0.29, 0.717) is 18.6 Å².